The van der Waals surface area contributed by atoms with Crippen molar-refractivity contribution in [3.05, 3.63) is 41.6 Å². The van der Waals surface area contributed by atoms with Crippen LogP contribution in [-0.2, 0) is 11.4 Å². The van der Waals surface area contributed by atoms with Crippen LogP contribution in [0.25, 0.3) is 0 Å². The van der Waals surface area contributed by atoms with Gasteiger partial charge in [0, 0.05) is 30.4 Å². The van der Waals surface area contributed by atoms with E-state index in [1.165, 1.54) is 0 Å². The van der Waals surface area contributed by atoms with Gasteiger partial charge in [-0.1, -0.05) is 12.5 Å². The van der Waals surface area contributed by atoms with Crippen LogP contribution in [0.15, 0.2) is 35.4 Å². The van der Waals surface area contributed by atoms with Crippen molar-refractivity contribution in [3.8, 4) is 0 Å². The zero-order chi connectivity index (χ0) is 21.3. The summed E-state index contributed by atoms with van der Waals surface area (Å²) in [6, 6.07) is 8.91. The number of amides is 1. The molecule has 8 heteroatoms. The van der Waals surface area contributed by atoms with Gasteiger partial charge in [0.1, 0.15) is 23.0 Å². The fourth-order valence-corrected chi connectivity index (χ4v) is 5.23. The van der Waals surface area contributed by atoms with E-state index < -0.39 is 17.3 Å². The summed E-state index contributed by atoms with van der Waals surface area (Å²) in [7, 11) is 0. The van der Waals surface area contributed by atoms with E-state index in [2.05, 4.69) is 33.8 Å². The third kappa shape index (κ3) is 4.39. The monoisotopic (exact) mass is 427 g/mol. The van der Waals surface area contributed by atoms with E-state index in [9.17, 15) is 9.35 Å². The number of aryl methyl sites for hydroxylation is 1. The lowest BCUT2D eigenvalue weighted by Gasteiger charge is -2.33. The summed E-state index contributed by atoms with van der Waals surface area (Å²) in [6.07, 6.45) is 4.39. The van der Waals surface area contributed by atoms with E-state index in [4.69, 9.17) is 4.98 Å². The fourth-order valence-electron chi connectivity index (χ4n) is 4.46. The highest BCUT2D eigenvalue weighted by molar-refractivity contribution is 7.90. The molecule has 2 aliphatic rings. The average molecular weight is 428 g/mol. The van der Waals surface area contributed by atoms with Crippen molar-refractivity contribution in [2.75, 3.05) is 23.3 Å². The number of nitrogens with zero attached hydrogens (tertiary/aromatic N) is 3. The fraction of sp³-hybridized carbons (Fsp3) is 0.500. The van der Waals surface area contributed by atoms with Gasteiger partial charge in [-0.15, -0.1) is 0 Å². The first-order valence-electron chi connectivity index (χ1n) is 10.5. The predicted molar refractivity (Wildman–Crippen MR) is 119 cm³/mol. The Kier molecular flexibility index (Phi) is 5.88. The molecule has 7 nitrogen and oxygen atoms in total. The SMILES string of the molecule is Cc1ccc2c(n1)N1CC(CCCCNc3cccc(n3)[S+]([O-])NC2=O)CC1(C)C. The normalized spacial score (nSPS) is 24.0. The number of anilines is 2. The first-order valence-corrected chi connectivity index (χ1v) is 11.7. The molecular weight excluding hydrogens is 398 g/mol. The highest BCUT2D eigenvalue weighted by atomic mass is 32.2. The van der Waals surface area contributed by atoms with Crippen LogP contribution in [0, 0.1) is 12.8 Å². The molecule has 2 aliphatic heterocycles. The van der Waals surface area contributed by atoms with E-state index >= 15 is 0 Å². The van der Waals surface area contributed by atoms with Crippen LogP contribution in [0.5, 0.6) is 0 Å². The molecule has 2 unspecified atom stereocenters. The van der Waals surface area contributed by atoms with Crippen molar-refractivity contribution < 1.29 is 9.35 Å². The van der Waals surface area contributed by atoms with Gasteiger partial charge in [-0.25, -0.2) is 4.98 Å². The summed E-state index contributed by atoms with van der Waals surface area (Å²) in [5.74, 6) is 1.50. The summed E-state index contributed by atoms with van der Waals surface area (Å²) in [4.78, 5) is 24.5. The maximum atomic E-state index is 13.1. The highest BCUT2D eigenvalue weighted by Crippen LogP contribution is 2.39. The molecule has 2 N–H and O–H groups in total. The van der Waals surface area contributed by atoms with Gasteiger partial charge in [0.2, 0.25) is 0 Å². The number of fused-ring (bicyclic) bond motifs is 6. The lowest BCUT2D eigenvalue weighted by molar-refractivity contribution is 0.0981. The quantitative estimate of drug-likeness (QED) is 0.626. The molecule has 0 saturated carbocycles. The molecule has 1 amide bonds. The molecule has 2 aromatic heterocycles. The van der Waals surface area contributed by atoms with Crippen molar-refractivity contribution in [1.29, 1.82) is 0 Å². The van der Waals surface area contributed by atoms with Gasteiger partial charge >= 0.3 is 0 Å². The number of carbonyl (C=O) groups excluding carboxylic acids is 1. The van der Waals surface area contributed by atoms with Crippen LogP contribution >= 0.6 is 0 Å². The molecule has 4 rings (SSSR count). The first kappa shape index (κ1) is 20.9. The largest absolute Gasteiger partial charge is 0.587 e. The van der Waals surface area contributed by atoms with Gasteiger partial charge in [-0.05, 0) is 64.2 Å². The number of pyridine rings is 2. The van der Waals surface area contributed by atoms with Crippen molar-refractivity contribution in [2.24, 2.45) is 5.92 Å². The van der Waals surface area contributed by atoms with Crippen LogP contribution < -0.4 is 14.9 Å². The molecule has 2 atom stereocenters. The minimum Gasteiger partial charge on any atom is -0.587 e. The summed E-state index contributed by atoms with van der Waals surface area (Å²) in [5.41, 5.74) is 1.21. The van der Waals surface area contributed by atoms with Gasteiger partial charge in [-0.3, -0.25) is 4.79 Å². The van der Waals surface area contributed by atoms with E-state index in [0.29, 0.717) is 28.1 Å². The maximum absolute atomic E-state index is 13.1. The van der Waals surface area contributed by atoms with E-state index in [0.717, 1.165) is 44.5 Å². The van der Waals surface area contributed by atoms with Gasteiger partial charge < -0.3 is 14.8 Å². The van der Waals surface area contributed by atoms with E-state index in [1.807, 2.05) is 19.1 Å². The Bertz CT molecular complexity index is 935. The Morgan fingerprint density at radius 3 is 2.87 bits per heavy atom. The minimum absolute atomic E-state index is 0.0972. The number of hydrogen-bond donors (Lipinski definition) is 2. The summed E-state index contributed by atoms with van der Waals surface area (Å²) < 4.78 is 15.4. The third-order valence-corrected chi connectivity index (χ3v) is 6.90. The van der Waals surface area contributed by atoms with E-state index in [-0.39, 0.29) is 5.54 Å². The molecule has 0 spiro atoms. The first-order chi connectivity index (χ1) is 14.3. The van der Waals surface area contributed by atoms with Crippen LogP contribution in [0.1, 0.15) is 55.6 Å². The van der Waals surface area contributed by atoms with E-state index in [1.54, 1.807) is 18.2 Å². The molecular formula is C22H29N5O2S. The summed E-state index contributed by atoms with van der Waals surface area (Å²) in [5, 5.41) is 3.62. The Balaban J connectivity index is 1.71. The van der Waals surface area contributed by atoms with Gasteiger partial charge in [0.25, 0.3) is 10.9 Å². The molecule has 30 heavy (non-hydrogen) atoms. The molecule has 1 fully saturated rings. The van der Waals surface area contributed by atoms with Gasteiger partial charge in [0.05, 0.1) is 5.56 Å². The molecule has 4 bridgehead atoms. The number of rotatable bonds is 0. The number of carbonyl (C=O) groups is 1. The molecule has 1 saturated heterocycles. The van der Waals surface area contributed by atoms with Crippen LogP contribution in [0.2, 0.25) is 0 Å². The Hall–Kier alpha value is -2.32. The third-order valence-electron chi connectivity index (χ3n) is 5.92. The van der Waals surface area contributed by atoms with Gasteiger partial charge in [0.15, 0.2) is 0 Å². The van der Waals surface area contributed by atoms with Crippen molar-refractivity contribution >= 4 is 28.9 Å². The average Bonchev–Trinajstić information content (AvgIpc) is 3.01. The number of nitrogens with one attached hydrogen (secondary N) is 2. The lowest BCUT2D eigenvalue weighted by atomic mass is 9.93. The Morgan fingerprint density at radius 2 is 2.03 bits per heavy atom. The zero-order valence-corrected chi connectivity index (χ0v) is 18.6. The van der Waals surface area contributed by atoms with Crippen molar-refractivity contribution in [3.63, 3.8) is 0 Å². The van der Waals surface area contributed by atoms with Crippen molar-refractivity contribution in [2.45, 2.75) is 57.0 Å². The van der Waals surface area contributed by atoms with Crippen LogP contribution in [0.4, 0.5) is 11.6 Å². The smallest absolute Gasteiger partial charge is 0.296 e. The van der Waals surface area contributed by atoms with Crippen LogP contribution in [-0.4, -0.2) is 39.1 Å². The zero-order valence-electron chi connectivity index (χ0n) is 17.8. The topological polar surface area (TPSA) is 93.2 Å². The second-order valence-corrected chi connectivity index (χ2v) is 9.96. The van der Waals surface area contributed by atoms with Gasteiger partial charge in [-0.2, -0.15) is 9.71 Å². The standard InChI is InChI=1S/C22H29N5O2S/c1-15-10-11-17-20(24-15)27-14-16(13-22(27,2)3)7-4-5-12-23-18-8-6-9-19(25-18)30(29)26-21(17)28/h6,8-11,16H,4-5,7,12-14H2,1-3H3,(H,23,25)(H,26,28). The van der Waals surface area contributed by atoms with Crippen molar-refractivity contribution in [1.82, 2.24) is 14.7 Å². The second-order valence-electron chi connectivity index (χ2n) is 8.80. The maximum Gasteiger partial charge on any atom is 0.296 e. The molecule has 4 heterocycles. The lowest BCUT2D eigenvalue weighted by Crippen LogP contribution is -2.41. The Morgan fingerprint density at radius 1 is 1.20 bits per heavy atom. The molecule has 0 aliphatic carbocycles. The number of hydrogen-bond acceptors (Lipinski definition) is 6. The Labute approximate surface area is 181 Å². The molecule has 0 radical (unpaired) electrons. The van der Waals surface area contributed by atoms with Crippen LogP contribution in [0.3, 0.4) is 0 Å². The molecule has 0 aromatic carbocycles. The highest BCUT2D eigenvalue weighted by Gasteiger charge is 2.40. The summed E-state index contributed by atoms with van der Waals surface area (Å²) >= 11 is -1.75. The summed E-state index contributed by atoms with van der Waals surface area (Å²) in [6.45, 7) is 8.04. The molecule has 2 aromatic rings. The number of aromatic nitrogens is 2. The second kappa shape index (κ2) is 8.43. The molecule has 160 valence electrons. The minimum atomic E-state index is -1.75. The predicted octanol–water partition coefficient (Wildman–Crippen LogP) is 3.44.